The first kappa shape index (κ1) is 62.2. The Morgan fingerprint density at radius 1 is 0.701 bits per heavy atom. The third-order valence-electron chi connectivity index (χ3n) is 16.0. The Morgan fingerprint density at radius 2 is 1.29 bits per heavy atom. The van der Waals surface area contributed by atoms with Gasteiger partial charge in [-0.05, 0) is 116 Å². The molecule has 0 spiro atoms. The molecule has 458 valence electrons. The average molecular weight is 1190 g/mol. The highest BCUT2D eigenvalue weighted by Crippen LogP contribution is 2.39. The number of fused-ring (bicyclic) bond motifs is 6. The van der Waals surface area contributed by atoms with E-state index in [1.54, 1.807) is 68.6 Å². The molecule has 0 fully saturated rings. The van der Waals surface area contributed by atoms with Crippen molar-refractivity contribution in [2.75, 3.05) is 51.8 Å². The Morgan fingerprint density at radius 3 is 1.87 bits per heavy atom. The highest BCUT2D eigenvalue weighted by molar-refractivity contribution is 6.04. The van der Waals surface area contributed by atoms with Gasteiger partial charge in [-0.3, -0.25) is 34.0 Å². The standard InChI is InChI=1S/C65H77N11O11/c1-40(2)59(73-58(77)18-6-5-11-23-66)61(79)72-52(17-12-24-68-64(67)82)60(78)71-47-21-19-42(20-22-47)39-87-65(83)74(25-27-85-55-33-53-50(29-41(55)3)62(80)75-37-45-15-9-7-13-43(45)30-48(75)35-69-53)26-28-86-57-34-54-51(32-56(57)84-4)63(81)76-38-46-16-10-8-14-44(46)31-49(76)36-70-54/h7-10,13-16,19-22,29,32-36,40,48-49,52,59H,5-6,11-12,17-18,23-28,30-31,37-39,66H2,1-4H3,(H,71,78)(H,72,79)(H,73,77)(H3,67,68,82)/t48-,49-,52-,59-/m0/s1. The zero-order valence-electron chi connectivity index (χ0n) is 49.7. The van der Waals surface area contributed by atoms with Gasteiger partial charge in [0.05, 0.1) is 54.8 Å². The molecule has 22 heteroatoms. The molecule has 87 heavy (non-hydrogen) atoms. The lowest BCUT2D eigenvalue weighted by molar-refractivity contribution is -0.132. The number of hydrogen-bond acceptors (Lipinski definition) is 14. The summed E-state index contributed by atoms with van der Waals surface area (Å²) in [5.74, 6) is -0.803. The van der Waals surface area contributed by atoms with Gasteiger partial charge in [-0.25, -0.2) is 9.59 Å². The Hall–Kier alpha value is -9.31. The molecule has 4 heterocycles. The summed E-state index contributed by atoms with van der Waals surface area (Å²) in [6.07, 6.45) is 7.11. The molecular weight excluding hydrogens is 1110 g/mol. The van der Waals surface area contributed by atoms with Crippen LogP contribution in [0.3, 0.4) is 0 Å². The second-order valence-electron chi connectivity index (χ2n) is 22.5. The molecule has 8 amide bonds. The first-order valence-electron chi connectivity index (χ1n) is 29.7. The minimum absolute atomic E-state index is 0.0247. The van der Waals surface area contributed by atoms with Crippen LogP contribution in [-0.2, 0) is 51.7 Å². The smallest absolute Gasteiger partial charge is 0.410 e. The number of nitrogens with zero attached hydrogens (tertiary/aromatic N) is 5. The largest absolute Gasteiger partial charge is 0.493 e. The molecule has 8 N–H and O–H groups in total. The number of carbonyl (C=O) groups excluding carboxylic acids is 7. The highest BCUT2D eigenvalue weighted by Gasteiger charge is 2.36. The summed E-state index contributed by atoms with van der Waals surface area (Å²) in [5, 5.41) is 11.0. The van der Waals surface area contributed by atoms with Crippen molar-refractivity contribution in [2.24, 2.45) is 27.4 Å². The number of methoxy groups -OCH3 is 1. The van der Waals surface area contributed by atoms with E-state index in [9.17, 15) is 33.6 Å². The monoisotopic (exact) mass is 1190 g/mol. The normalized spacial score (nSPS) is 16.0. The molecule has 5 aromatic carbocycles. The van der Waals surface area contributed by atoms with E-state index in [0.29, 0.717) is 102 Å². The van der Waals surface area contributed by atoms with Crippen LogP contribution in [0, 0.1) is 12.8 Å². The van der Waals surface area contributed by atoms with E-state index < -0.39 is 36.0 Å². The fourth-order valence-electron chi connectivity index (χ4n) is 11.1. The predicted molar refractivity (Wildman–Crippen MR) is 329 cm³/mol. The molecule has 0 unspecified atom stereocenters. The first-order chi connectivity index (χ1) is 42.1. The molecule has 4 atom stereocenters. The van der Waals surface area contributed by atoms with E-state index in [2.05, 4.69) is 33.4 Å². The van der Waals surface area contributed by atoms with E-state index in [-0.39, 0.29) is 88.0 Å². The fraction of sp³-hybridized carbons (Fsp3) is 0.400. The summed E-state index contributed by atoms with van der Waals surface area (Å²) in [6.45, 7) is 6.99. The number of anilines is 1. The van der Waals surface area contributed by atoms with Crippen LogP contribution in [0.2, 0.25) is 0 Å². The van der Waals surface area contributed by atoms with Gasteiger partial charge in [-0.15, -0.1) is 0 Å². The van der Waals surface area contributed by atoms with Crippen molar-refractivity contribution in [1.29, 1.82) is 0 Å². The van der Waals surface area contributed by atoms with Crippen molar-refractivity contribution in [3.05, 3.63) is 142 Å². The number of hydrogen-bond donors (Lipinski definition) is 6. The number of ether oxygens (including phenoxy) is 4. The third kappa shape index (κ3) is 15.8. The number of urea groups is 1. The van der Waals surface area contributed by atoms with Crippen molar-refractivity contribution in [2.45, 2.75) is 116 Å². The summed E-state index contributed by atoms with van der Waals surface area (Å²) in [5.41, 5.74) is 18.9. The summed E-state index contributed by atoms with van der Waals surface area (Å²) < 4.78 is 24.3. The number of aliphatic imine (C=N–C) groups is 2. The number of rotatable bonds is 26. The average Bonchev–Trinajstić information content (AvgIpc) is 2.13. The van der Waals surface area contributed by atoms with Crippen molar-refractivity contribution in [3.63, 3.8) is 0 Å². The summed E-state index contributed by atoms with van der Waals surface area (Å²) >= 11 is 0. The molecule has 9 rings (SSSR count). The lowest BCUT2D eigenvalue weighted by atomic mass is 9.94. The predicted octanol–water partition coefficient (Wildman–Crippen LogP) is 7.20. The summed E-state index contributed by atoms with van der Waals surface area (Å²) in [6, 6.07) is 26.6. The van der Waals surface area contributed by atoms with Crippen LogP contribution in [0.1, 0.15) is 106 Å². The topological polar surface area (TPSA) is 291 Å². The van der Waals surface area contributed by atoms with Crippen molar-refractivity contribution >= 4 is 71.2 Å². The SMILES string of the molecule is COc1cc2c(cc1OCCN(CCOc1cc3c(cc1C)C(=O)N1Cc4ccccc4C[C@H]1C=N3)C(=O)OCc1ccc(NC(=O)[C@H](CCCNC(N)=O)NC(=O)[C@@H](NC(=O)CCCCCN)C(C)C)cc1)N=C[C@@H]1Cc3ccccc3CN1C2=O. The van der Waals surface area contributed by atoms with Crippen LogP contribution in [0.4, 0.5) is 26.7 Å². The second-order valence-corrected chi connectivity index (χ2v) is 22.5. The molecule has 5 aromatic rings. The zero-order chi connectivity index (χ0) is 61.6. The van der Waals surface area contributed by atoms with Gasteiger partial charge >= 0.3 is 12.1 Å². The number of nitrogens with two attached hydrogens (primary N) is 2. The molecule has 4 aliphatic heterocycles. The molecule has 0 bridgehead atoms. The Labute approximate surface area is 506 Å². The van der Waals surface area contributed by atoms with Gasteiger partial charge in [0.25, 0.3) is 11.8 Å². The van der Waals surface area contributed by atoms with Gasteiger partial charge in [0, 0.05) is 56.3 Å². The number of unbranched alkanes of at least 4 members (excludes halogenated alkanes) is 2. The summed E-state index contributed by atoms with van der Waals surface area (Å²) in [4.78, 5) is 109. The Bertz CT molecular complexity index is 3410. The maximum Gasteiger partial charge on any atom is 0.410 e. The minimum atomic E-state index is -1.05. The third-order valence-corrected chi connectivity index (χ3v) is 16.0. The fourth-order valence-corrected chi connectivity index (χ4v) is 11.1. The van der Waals surface area contributed by atoms with Crippen LogP contribution in [0.5, 0.6) is 17.2 Å². The second kappa shape index (κ2) is 29.2. The first-order valence-corrected chi connectivity index (χ1v) is 29.7. The number of aryl methyl sites for hydroxylation is 1. The molecular formula is C65H77N11O11. The van der Waals surface area contributed by atoms with E-state index in [4.69, 9.17) is 40.4 Å². The van der Waals surface area contributed by atoms with Crippen molar-refractivity contribution < 1.29 is 52.5 Å². The maximum atomic E-state index is 14.2. The molecule has 0 saturated heterocycles. The molecule has 4 aliphatic rings. The van der Waals surface area contributed by atoms with E-state index in [0.717, 1.165) is 24.0 Å². The lowest BCUT2D eigenvalue weighted by Crippen LogP contribution is -2.54. The van der Waals surface area contributed by atoms with Crippen LogP contribution in [0.25, 0.3) is 0 Å². The molecule has 0 aromatic heterocycles. The quantitative estimate of drug-likeness (QED) is 0.0300. The van der Waals surface area contributed by atoms with Gasteiger partial charge < -0.3 is 66.4 Å². The van der Waals surface area contributed by atoms with E-state index >= 15 is 0 Å². The number of nitrogens with one attached hydrogen (secondary N) is 4. The van der Waals surface area contributed by atoms with Crippen molar-refractivity contribution in [1.82, 2.24) is 30.7 Å². The Kier molecular flexibility index (Phi) is 20.9. The maximum absolute atomic E-state index is 14.2. The van der Waals surface area contributed by atoms with Crippen LogP contribution in [0.15, 0.2) is 107 Å². The van der Waals surface area contributed by atoms with Crippen LogP contribution < -0.4 is 46.9 Å². The lowest BCUT2D eigenvalue weighted by Gasteiger charge is -2.34. The molecule has 0 aliphatic carbocycles. The molecule has 0 saturated carbocycles. The number of carbonyl (C=O) groups is 7. The van der Waals surface area contributed by atoms with Gasteiger partial charge in [0.1, 0.15) is 37.7 Å². The van der Waals surface area contributed by atoms with E-state index in [1.165, 1.54) is 23.1 Å². The summed E-state index contributed by atoms with van der Waals surface area (Å²) in [7, 11) is 1.49. The number of primary amides is 1. The van der Waals surface area contributed by atoms with Gasteiger partial charge in [-0.1, -0.05) is 80.9 Å². The van der Waals surface area contributed by atoms with Crippen molar-refractivity contribution in [3.8, 4) is 17.2 Å². The van der Waals surface area contributed by atoms with Crippen LogP contribution >= 0.6 is 0 Å². The Balaban J connectivity index is 0.865. The van der Waals surface area contributed by atoms with Gasteiger partial charge in [0.2, 0.25) is 17.7 Å². The number of amides is 8. The van der Waals surface area contributed by atoms with Gasteiger partial charge in [-0.2, -0.15) is 0 Å². The minimum Gasteiger partial charge on any atom is -0.493 e. The van der Waals surface area contributed by atoms with E-state index in [1.807, 2.05) is 59.3 Å². The molecule has 0 radical (unpaired) electrons. The van der Waals surface area contributed by atoms with Gasteiger partial charge in [0.15, 0.2) is 11.5 Å². The molecule has 22 nitrogen and oxygen atoms in total. The van der Waals surface area contributed by atoms with Crippen LogP contribution in [-0.4, -0.2) is 139 Å². The zero-order valence-corrected chi connectivity index (χ0v) is 49.7. The highest BCUT2D eigenvalue weighted by atomic mass is 16.6. The number of benzene rings is 5.